The lowest BCUT2D eigenvalue weighted by atomic mass is 10.1. The molecule has 0 aliphatic rings. The molecule has 0 spiro atoms. The van der Waals surface area contributed by atoms with E-state index >= 15 is 0 Å². The number of nitrogens with one attached hydrogen (secondary N) is 2. The van der Waals surface area contributed by atoms with Gasteiger partial charge in [-0.2, -0.15) is 5.10 Å². The van der Waals surface area contributed by atoms with Crippen LogP contribution in [0.25, 0.3) is 22.0 Å². The zero-order valence-corrected chi connectivity index (χ0v) is 17.8. The van der Waals surface area contributed by atoms with Gasteiger partial charge in [0.25, 0.3) is 0 Å². The molecule has 2 heterocycles. The van der Waals surface area contributed by atoms with Crippen LogP contribution in [-0.4, -0.2) is 38.8 Å². The van der Waals surface area contributed by atoms with Crippen molar-refractivity contribution in [2.75, 3.05) is 18.5 Å². The summed E-state index contributed by atoms with van der Waals surface area (Å²) in [5.41, 5.74) is 4.21. The second-order valence-electron chi connectivity index (χ2n) is 7.22. The van der Waals surface area contributed by atoms with Crippen molar-refractivity contribution in [2.45, 2.75) is 6.92 Å². The van der Waals surface area contributed by atoms with Gasteiger partial charge in [-0.1, -0.05) is 5.92 Å². The predicted molar refractivity (Wildman–Crippen MR) is 124 cm³/mol. The van der Waals surface area contributed by atoms with E-state index in [-0.39, 0.29) is 5.91 Å². The Morgan fingerprint density at radius 3 is 2.81 bits per heavy atom. The van der Waals surface area contributed by atoms with Crippen LogP contribution in [0.4, 0.5) is 11.6 Å². The van der Waals surface area contributed by atoms with Gasteiger partial charge in [0.1, 0.15) is 12.4 Å². The molecule has 8 nitrogen and oxygen atoms in total. The number of hydrogen-bond acceptors (Lipinski definition) is 6. The molecule has 0 atom stereocenters. The summed E-state index contributed by atoms with van der Waals surface area (Å²) in [6.07, 6.45) is 10.9. The Morgan fingerprint density at radius 1 is 1.19 bits per heavy atom. The van der Waals surface area contributed by atoms with E-state index in [2.05, 4.69) is 31.6 Å². The Labute approximate surface area is 185 Å². The van der Waals surface area contributed by atoms with E-state index in [1.807, 2.05) is 49.6 Å². The molecule has 0 bridgehead atoms. The number of anilines is 2. The van der Waals surface area contributed by atoms with Crippen LogP contribution in [0.3, 0.4) is 0 Å². The highest BCUT2D eigenvalue weighted by molar-refractivity contribution is 5.81. The quantitative estimate of drug-likeness (QED) is 0.348. The summed E-state index contributed by atoms with van der Waals surface area (Å²) in [6.45, 7) is 2.24. The van der Waals surface area contributed by atoms with Crippen LogP contribution in [0.1, 0.15) is 12.5 Å². The van der Waals surface area contributed by atoms with Crippen LogP contribution >= 0.6 is 0 Å². The van der Waals surface area contributed by atoms with Crippen LogP contribution in [-0.2, 0) is 11.8 Å². The molecule has 0 saturated carbocycles. The first kappa shape index (κ1) is 20.9. The number of benzene rings is 2. The van der Waals surface area contributed by atoms with Crippen LogP contribution in [0.5, 0.6) is 5.75 Å². The Kier molecular flexibility index (Phi) is 5.99. The summed E-state index contributed by atoms with van der Waals surface area (Å²) in [6, 6.07) is 11.4. The molecule has 32 heavy (non-hydrogen) atoms. The lowest BCUT2D eigenvalue weighted by molar-refractivity contribution is -0.119. The summed E-state index contributed by atoms with van der Waals surface area (Å²) in [5.74, 6) is 3.63. The van der Waals surface area contributed by atoms with Crippen molar-refractivity contribution in [3.8, 4) is 29.2 Å². The van der Waals surface area contributed by atoms with E-state index in [1.165, 1.54) is 6.92 Å². The molecule has 4 rings (SSSR count). The van der Waals surface area contributed by atoms with Crippen molar-refractivity contribution in [2.24, 2.45) is 7.05 Å². The number of aryl methyl sites for hydroxylation is 1. The maximum Gasteiger partial charge on any atom is 0.227 e. The third-order valence-corrected chi connectivity index (χ3v) is 4.69. The Balaban J connectivity index is 1.61. The maximum absolute atomic E-state index is 11.1. The van der Waals surface area contributed by atoms with Crippen LogP contribution in [0.15, 0.2) is 55.0 Å². The van der Waals surface area contributed by atoms with Crippen molar-refractivity contribution >= 4 is 28.4 Å². The molecule has 4 aromatic rings. The molecule has 0 aliphatic heterocycles. The zero-order chi connectivity index (χ0) is 22.5. The summed E-state index contributed by atoms with van der Waals surface area (Å²) >= 11 is 0. The molecule has 0 saturated heterocycles. The topological polar surface area (TPSA) is 94.0 Å². The first-order valence-electron chi connectivity index (χ1n) is 10.0. The lowest BCUT2D eigenvalue weighted by Crippen LogP contribution is -2.25. The minimum Gasteiger partial charge on any atom is -0.492 e. The number of carbonyl (C=O) groups excluding carboxylic acids is 1. The molecule has 0 fully saturated rings. The number of fused-ring (bicyclic) bond motifs is 1. The Bertz CT molecular complexity index is 1320. The first-order chi connectivity index (χ1) is 15.5. The minimum atomic E-state index is -0.0946. The molecule has 0 aliphatic carbocycles. The molecule has 160 valence electrons. The molecular formula is C24H22N6O2. The highest BCUT2D eigenvalue weighted by Crippen LogP contribution is 2.30. The molecular weight excluding hydrogens is 404 g/mol. The van der Waals surface area contributed by atoms with Gasteiger partial charge in [0.15, 0.2) is 0 Å². The van der Waals surface area contributed by atoms with Crippen molar-refractivity contribution in [1.82, 2.24) is 25.1 Å². The fourth-order valence-electron chi connectivity index (χ4n) is 3.20. The van der Waals surface area contributed by atoms with E-state index in [0.717, 1.165) is 33.3 Å². The van der Waals surface area contributed by atoms with Gasteiger partial charge in [-0.05, 0) is 35.9 Å². The van der Waals surface area contributed by atoms with Crippen molar-refractivity contribution in [3.63, 3.8) is 0 Å². The maximum atomic E-state index is 11.1. The molecule has 2 N–H and O–H groups in total. The molecule has 0 unspecified atom stereocenters. The predicted octanol–water partition coefficient (Wildman–Crippen LogP) is 3.27. The second-order valence-corrected chi connectivity index (χ2v) is 7.22. The number of aromatic nitrogens is 4. The fraction of sp³-hybridized carbons (Fsp3) is 0.167. The summed E-state index contributed by atoms with van der Waals surface area (Å²) in [4.78, 5) is 20.1. The Hall–Kier alpha value is -4.38. The van der Waals surface area contributed by atoms with Gasteiger partial charge >= 0.3 is 0 Å². The van der Waals surface area contributed by atoms with Crippen LogP contribution < -0.4 is 15.4 Å². The van der Waals surface area contributed by atoms with E-state index in [4.69, 9.17) is 11.2 Å². The zero-order valence-electron chi connectivity index (χ0n) is 17.8. The highest BCUT2D eigenvalue weighted by atomic mass is 16.5. The van der Waals surface area contributed by atoms with Crippen molar-refractivity contribution < 1.29 is 9.53 Å². The van der Waals surface area contributed by atoms with E-state index in [1.54, 1.807) is 17.1 Å². The standard InChI is InChI=1S/C24H22N6O2/c1-4-17-5-6-23-19(9-17)13-26-24(29-23)28-21-10-18(20-14-27-30(3)15-20)11-22(12-21)32-8-7-25-16(2)31/h1,5-6,9-15H,7-8H2,2-3H3,(H,25,31)(H,26,28,29). The van der Waals surface area contributed by atoms with Gasteiger partial charge < -0.3 is 15.4 Å². The summed E-state index contributed by atoms with van der Waals surface area (Å²) < 4.78 is 7.60. The lowest BCUT2D eigenvalue weighted by Gasteiger charge is -2.12. The van der Waals surface area contributed by atoms with Crippen LogP contribution in [0, 0.1) is 12.3 Å². The number of terminal acetylenes is 1. The Morgan fingerprint density at radius 2 is 2.06 bits per heavy atom. The normalized spacial score (nSPS) is 10.5. The van der Waals surface area contributed by atoms with E-state index in [9.17, 15) is 4.79 Å². The summed E-state index contributed by atoms with van der Waals surface area (Å²) in [7, 11) is 1.87. The average molecular weight is 426 g/mol. The second kappa shape index (κ2) is 9.18. The molecule has 2 aromatic carbocycles. The first-order valence-corrected chi connectivity index (χ1v) is 10.0. The third kappa shape index (κ3) is 5.02. The fourth-order valence-corrected chi connectivity index (χ4v) is 3.20. The molecule has 1 amide bonds. The van der Waals surface area contributed by atoms with Gasteiger partial charge in [0, 0.05) is 54.6 Å². The van der Waals surface area contributed by atoms with Crippen LogP contribution in [0.2, 0.25) is 0 Å². The van der Waals surface area contributed by atoms with Crippen molar-refractivity contribution in [3.05, 3.63) is 60.6 Å². The number of carbonyl (C=O) groups is 1. The smallest absolute Gasteiger partial charge is 0.227 e. The average Bonchev–Trinajstić information content (AvgIpc) is 3.22. The van der Waals surface area contributed by atoms with Gasteiger partial charge in [0.2, 0.25) is 11.9 Å². The van der Waals surface area contributed by atoms with Crippen molar-refractivity contribution in [1.29, 1.82) is 0 Å². The number of ether oxygens (including phenoxy) is 1. The highest BCUT2D eigenvalue weighted by Gasteiger charge is 2.09. The largest absolute Gasteiger partial charge is 0.492 e. The third-order valence-electron chi connectivity index (χ3n) is 4.69. The number of hydrogen-bond donors (Lipinski definition) is 2. The monoisotopic (exact) mass is 426 g/mol. The molecule has 0 radical (unpaired) electrons. The SMILES string of the molecule is C#Cc1ccc2nc(Nc3cc(OCCNC(C)=O)cc(-c4cnn(C)c4)c3)ncc2c1. The minimum absolute atomic E-state index is 0.0946. The number of amides is 1. The van der Waals surface area contributed by atoms with Gasteiger partial charge in [-0.25, -0.2) is 9.97 Å². The van der Waals surface area contributed by atoms with Gasteiger partial charge in [-0.15, -0.1) is 6.42 Å². The molecule has 8 heteroatoms. The van der Waals surface area contributed by atoms with Gasteiger partial charge in [0.05, 0.1) is 18.3 Å². The number of rotatable bonds is 7. The number of nitrogens with zero attached hydrogens (tertiary/aromatic N) is 4. The van der Waals surface area contributed by atoms with E-state index in [0.29, 0.717) is 24.8 Å². The van der Waals surface area contributed by atoms with E-state index < -0.39 is 0 Å². The summed E-state index contributed by atoms with van der Waals surface area (Å²) in [5, 5.41) is 11.1. The molecule has 2 aromatic heterocycles. The van der Waals surface area contributed by atoms with Gasteiger partial charge in [-0.3, -0.25) is 9.48 Å².